The molecule has 0 amide bonds. The molecule has 1 atom stereocenters. The van der Waals surface area contributed by atoms with Crippen LogP contribution >= 0.6 is 27.3 Å². The number of carbonyl (C=O) groups is 1. The van der Waals surface area contributed by atoms with Gasteiger partial charge in [-0.1, -0.05) is 13.8 Å². The fourth-order valence-electron chi connectivity index (χ4n) is 1.10. The second-order valence-electron chi connectivity index (χ2n) is 3.57. The van der Waals surface area contributed by atoms with Crippen LogP contribution in [0.3, 0.4) is 0 Å². The Hall–Kier alpha value is -0.390. The number of hydrogen-bond donors (Lipinski definition) is 2. The maximum absolute atomic E-state index is 10.7. The summed E-state index contributed by atoms with van der Waals surface area (Å²) in [6.45, 7) is 3.42. The lowest BCUT2D eigenvalue weighted by Crippen LogP contribution is -2.39. The SMILES string of the molecule is CC(C)(c1ccc(Br)s1)C(O)C(=O)O. The molecular formula is C9H11BrO3S. The highest BCUT2D eigenvalue weighted by Crippen LogP contribution is 2.35. The Morgan fingerprint density at radius 2 is 2.14 bits per heavy atom. The van der Waals surface area contributed by atoms with Crippen molar-refractivity contribution < 1.29 is 15.0 Å². The van der Waals surface area contributed by atoms with E-state index in [1.165, 1.54) is 11.3 Å². The standard InChI is InChI=1S/C9H11BrO3S/c1-9(2,7(11)8(12)13)5-3-4-6(10)14-5/h3-4,7,11H,1-2H3,(H,12,13). The molecule has 0 saturated carbocycles. The van der Waals surface area contributed by atoms with Crippen molar-refractivity contribution in [3.05, 3.63) is 20.8 Å². The summed E-state index contributed by atoms with van der Waals surface area (Å²) in [4.78, 5) is 11.5. The molecule has 0 aliphatic heterocycles. The lowest BCUT2D eigenvalue weighted by atomic mass is 9.85. The summed E-state index contributed by atoms with van der Waals surface area (Å²) >= 11 is 4.73. The summed E-state index contributed by atoms with van der Waals surface area (Å²) in [6.07, 6.45) is -1.38. The number of halogens is 1. The summed E-state index contributed by atoms with van der Waals surface area (Å²) in [5.41, 5.74) is -0.761. The summed E-state index contributed by atoms with van der Waals surface area (Å²) in [5.74, 6) is -1.19. The van der Waals surface area contributed by atoms with Crippen LogP contribution in [-0.4, -0.2) is 22.3 Å². The van der Waals surface area contributed by atoms with Gasteiger partial charge in [-0.15, -0.1) is 11.3 Å². The molecule has 2 N–H and O–H groups in total. The molecule has 78 valence electrons. The van der Waals surface area contributed by atoms with E-state index in [1.54, 1.807) is 13.8 Å². The van der Waals surface area contributed by atoms with Gasteiger partial charge in [0, 0.05) is 10.3 Å². The van der Waals surface area contributed by atoms with Crippen molar-refractivity contribution in [1.82, 2.24) is 0 Å². The lowest BCUT2D eigenvalue weighted by molar-refractivity contribution is -0.150. The summed E-state index contributed by atoms with van der Waals surface area (Å²) < 4.78 is 0.929. The molecule has 0 saturated heterocycles. The smallest absolute Gasteiger partial charge is 0.333 e. The minimum absolute atomic E-state index is 0.761. The third kappa shape index (κ3) is 2.16. The van der Waals surface area contributed by atoms with Crippen molar-refractivity contribution in [2.24, 2.45) is 0 Å². The fourth-order valence-corrected chi connectivity index (χ4v) is 2.62. The Kier molecular flexibility index (Phi) is 3.34. The molecule has 5 heteroatoms. The van der Waals surface area contributed by atoms with Gasteiger partial charge in [0.15, 0.2) is 6.10 Å². The second-order valence-corrected chi connectivity index (χ2v) is 6.03. The van der Waals surface area contributed by atoms with Gasteiger partial charge in [0.25, 0.3) is 0 Å². The van der Waals surface area contributed by atoms with Crippen LogP contribution < -0.4 is 0 Å². The number of carboxylic acids is 1. The van der Waals surface area contributed by atoms with E-state index < -0.39 is 17.5 Å². The Bertz CT molecular complexity index is 346. The van der Waals surface area contributed by atoms with E-state index in [4.69, 9.17) is 5.11 Å². The van der Waals surface area contributed by atoms with Crippen LogP contribution in [0.5, 0.6) is 0 Å². The molecule has 1 unspecified atom stereocenters. The molecule has 1 heterocycles. The summed E-state index contributed by atoms with van der Waals surface area (Å²) in [5, 5.41) is 18.2. The van der Waals surface area contributed by atoms with Crippen LogP contribution in [0.4, 0.5) is 0 Å². The van der Waals surface area contributed by atoms with E-state index in [0.29, 0.717) is 0 Å². The third-order valence-electron chi connectivity index (χ3n) is 2.13. The van der Waals surface area contributed by atoms with Crippen molar-refractivity contribution in [2.75, 3.05) is 0 Å². The zero-order valence-corrected chi connectivity index (χ0v) is 10.2. The summed E-state index contributed by atoms with van der Waals surface area (Å²) in [7, 11) is 0. The second kappa shape index (κ2) is 4.00. The number of rotatable bonds is 3. The van der Waals surface area contributed by atoms with Crippen LogP contribution in [0.1, 0.15) is 18.7 Å². The zero-order chi connectivity index (χ0) is 10.9. The molecular weight excluding hydrogens is 268 g/mol. The molecule has 0 aliphatic carbocycles. The van der Waals surface area contributed by atoms with Crippen molar-refractivity contribution in [2.45, 2.75) is 25.4 Å². The van der Waals surface area contributed by atoms with Gasteiger partial charge in [-0.05, 0) is 28.1 Å². The van der Waals surface area contributed by atoms with E-state index in [-0.39, 0.29) is 0 Å². The largest absolute Gasteiger partial charge is 0.479 e. The number of aliphatic carboxylic acids is 1. The molecule has 0 radical (unpaired) electrons. The minimum atomic E-state index is -1.38. The van der Waals surface area contributed by atoms with Gasteiger partial charge in [0.1, 0.15) is 0 Å². The normalized spacial score (nSPS) is 14.0. The highest BCUT2D eigenvalue weighted by molar-refractivity contribution is 9.11. The van der Waals surface area contributed by atoms with Gasteiger partial charge in [-0.3, -0.25) is 0 Å². The van der Waals surface area contributed by atoms with Crippen molar-refractivity contribution in [3.63, 3.8) is 0 Å². The first-order valence-electron chi connectivity index (χ1n) is 4.02. The molecule has 0 fully saturated rings. The Morgan fingerprint density at radius 3 is 2.50 bits per heavy atom. The number of hydrogen-bond acceptors (Lipinski definition) is 3. The topological polar surface area (TPSA) is 57.5 Å². The van der Waals surface area contributed by atoms with E-state index in [2.05, 4.69) is 15.9 Å². The first-order chi connectivity index (χ1) is 6.35. The number of aliphatic hydroxyl groups is 1. The Morgan fingerprint density at radius 1 is 1.57 bits per heavy atom. The molecule has 1 aromatic rings. The van der Waals surface area contributed by atoms with Crippen molar-refractivity contribution >= 4 is 33.2 Å². The van der Waals surface area contributed by atoms with Gasteiger partial charge >= 0.3 is 5.97 Å². The highest BCUT2D eigenvalue weighted by Gasteiger charge is 2.36. The number of thiophene rings is 1. The van der Waals surface area contributed by atoms with E-state index >= 15 is 0 Å². The fraction of sp³-hybridized carbons (Fsp3) is 0.444. The van der Waals surface area contributed by atoms with E-state index in [0.717, 1.165) is 8.66 Å². The Labute approximate surface area is 94.5 Å². The van der Waals surface area contributed by atoms with Crippen LogP contribution in [0.2, 0.25) is 0 Å². The van der Waals surface area contributed by atoms with Crippen LogP contribution in [0.25, 0.3) is 0 Å². The lowest BCUT2D eigenvalue weighted by Gasteiger charge is -2.26. The molecule has 0 aromatic carbocycles. The first-order valence-corrected chi connectivity index (χ1v) is 5.63. The average molecular weight is 279 g/mol. The van der Waals surface area contributed by atoms with E-state index in [1.807, 2.05) is 12.1 Å². The van der Waals surface area contributed by atoms with Gasteiger partial charge in [0.05, 0.1) is 3.79 Å². The quantitative estimate of drug-likeness (QED) is 0.892. The molecule has 0 aliphatic rings. The predicted molar refractivity (Wildman–Crippen MR) is 58.7 cm³/mol. The molecule has 0 bridgehead atoms. The van der Waals surface area contributed by atoms with Crippen molar-refractivity contribution in [1.29, 1.82) is 0 Å². The predicted octanol–water partition coefficient (Wildman–Crippen LogP) is 2.23. The van der Waals surface area contributed by atoms with Gasteiger partial charge in [0.2, 0.25) is 0 Å². The van der Waals surface area contributed by atoms with Crippen molar-refractivity contribution in [3.8, 4) is 0 Å². The zero-order valence-electron chi connectivity index (χ0n) is 7.82. The van der Waals surface area contributed by atoms with Gasteiger partial charge in [-0.2, -0.15) is 0 Å². The minimum Gasteiger partial charge on any atom is -0.479 e. The number of carboxylic acid groups (broad SMARTS) is 1. The van der Waals surface area contributed by atoms with Crippen LogP contribution in [0.15, 0.2) is 15.9 Å². The first kappa shape index (κ1) is 11.7. The molecule has 3 nitrogen and oxygen atoms in total. The molecule has 1 aromatic heterocycles. The Balaban J connectivity index is 3.01. The monoisotopic (exact) mass is 278 g/mol. The highest BCUT2D eigenvalue weighted by atomic mass is 79.9. The number of aliphatic hydroxyl groups excluding tert-OH is 1. The maximum Gasteiger partial charge on any atom is 0.333 e. The van der Waals surface area contributed by atoms with Gasteiger partial charge < -0.3 is 10.2 Å². The van der Waals surface area contributed by atoms with Crippen LogP contribution in [-0.2, 0) is 10.2 Å². The maximum atomic E-state index is 10.7. The van der Waals surface area contributed by atoms with Crippen LogP contribution in [0, 0.1) is 0 Å². The third-order valence-corrected chi connectivity index (χ3v) is 4.09. The van der Waals surface area contributed by atoms with Gasteiger partial charge in [-0.25, -0.2) is 4.79 Å². The molecule has 1 rings (SSSR count). The average Bonchev–Trinajstić information content (AvgIpc) is 2.50. The molecule has 14 heavy (non-hydrogen) atoms. The van der Waals surface area contributed by atoms with E-state index in [9.17, 15) is 9.90 Å². The molecule has 0 spiro atoms. The summed E-state index contributed by atoms with van der Waals surface area (Å²) in [6, 6.07) is 3.66.